The van der Waals surface area contributed by atoms with Gasteiger partial charge >= 0.3 is 25.7 Å². The van der Waals surface area contributed by atoms with Crippen LogP contribution in [0.5, 0.6) is 0 Å². The number of phosphoric acid groups is 1. The third-order valence-corrected chi connectivity index (χ3v) is 9.26. The van der Waals surface area contributed by atoms with Crippen LogP contribution in [0.4, 0.5) is 0 Å². The number of rotatable bonds is 37. The van der Waals surface area contributed by atoms with Crippen molar-refractivity contribution in [2.45, 2.75) is 186 Å². The number of carboxylic acids is 1. The fourth-order valence-corrected chi connectivity index (χ4v) is 6.19. The highest BCUT2D eigenvalue weighted by atomic mass is 31.2. The van der Waals surface area contributed by atoms with Gasteiger partial charge < -0.3 is 25.2 Å². The number of phosphoric ester groups is 1. The Morgan fingerprint density at radius 3 is 1.40 bits per heavy atom. The second-order valence-corrected chi connectivity index (χ2v) is 14.4. The third kappa shape index (κ3) is 34.3. The Morgan fingerprint density at radius 1 is 0.583 bits per heavy atom. The Labute approximate surface area is 291 Å². The van der Waals surface area contributed by atoms with Crippen LogP contribution < -0.4 is 5.73 Å². The normalized spacial score (nSPS) is 13.2. The number of esters is 2. The lowest BCUT2D eigenvalue weighted by Gasteiger charge is -2.19. The van der Waals surface area contributed by atoms with E-state index in [0.29, 0.717) is 6.42 Å². The van der Waals surface area contributed by atoms with Crippen LogP contribution >= 0.6 is 7.82 Å². The molecule has 0 spiro atoms. The number of ether oxygens (including phenoxy) is 2. The van der Waals surface area contributed by atoms with Crippen molar-refractivity contribution in [3.8, 4) is 0 Å². The standard InChI is InChI=1S/C36H70NO10P/c1-2-3-4-5-6-7-8-9-10-11-12-15-18-21-24-27-35(40)44-31-33(32-46-48(42,43)45-30-29-37)47-36(41)28-25-22-19-16-13-14-17-20-23-26-34(38)39/h33H,2-32,37H2,1H3,(H,38,39)(H,42,43)/t33-/m1/s1. The number of hydrogen-bond donors (Lipinski definition) is 3. The molecule has 284 valence electrons. The van der Waals surface area contributed by atoms with Crippen molar-refractivity contribution in [1.29, 1.82) is 0 Å². The lowest BCUT2D eigenvalue weighted by molar-refractivity contribution is -0.161. The van der Waals surface area contributed by atoms with Gasteiger partial charge in [-0.15, -0.1) is 0 Å². The number of aliphatic carboxylic acids is 1. The van der Waals surface area contributed by atoms with Crippen LogP contribution in [0.15, 0.2) is 0 Å². The quantitative estimate of drug-likeness (QED) is 0.0319. The van der Waals surface area contributed by atoms with Crippen LogP contribution in [0.2, 0.25) is 0 Å². The lowest BCUT2D eigenvalue weighted by Crippen LogP contribution is -2.29. The molecule has 4 N–H and O–H groups in total. The van der Waals surface area contributed by atoms with Gasteiger partial charge in [-0.2, -0.15) is 0 Å². The smallest absolute Gasteiger partial charge is 0.472 e. The first-order chi connectivity index (χ1) is 23.2. The minimum atomic E-state index is -4.39. The molecule has 0 saturated carbocycles. The van der Waals surface area contributed by atoms with Crippen molar-refractivity contribution >= 4 is 25.7 Å². The second kappa shape index (κ2) is 34.0. The molecule has 11 nitrogen and oxygen atoms in total. The molecule has 2 atom stereocenters. The fraction of sp³-hybridized carbons (Fsp3) is 0.917. The zero-order valence-corrected chi connectivity index (χ0v) is 31.1. The van der Waals surface area contributed by atoms with Crippen molar-refractivity contribution in [3.05, 3.63) is 0 Å². The number of unbranched alkanes of at least 4 members (excludes halogenated alkanes) is 22. The molecule has 0 aromatic carbocycles. The molecule has 48 heavy (non-hydrogen) atoms. The molecular formula is C36H70NO10P. The molecule has 0 rings (SSSR count). The Kier molecular flexibility index (Phi) is 32.9. The van der Waals surface area contributed by atoms with E-state index in [9.17, 15) is 23.8 Å². The van der Waals surface area contributed by atoms with E-state index in [1.54, 1.807) is 0 Å². The van der Waals surface area contributed by atoms with Gasteiger partial charge in [0.2, 0.25) is 0 Å². The summed E-state index contributed by atoms with van der Waals surface area (Å²) in [5.74, 6) is -1.64. The zero-order valence-electron chi connectivity index (χ0n) is 30.2. The summed E-state index contributed by atoms with van der Waals surface area (Å²) in [6.07, 6.45) is 26.6. The van der Waals surface area contributed by atoms with E-state index >= 15 is 0 Å². The van der Waals surface area contributed by atoms with E-state index in [0.717, 1.165) is 70.6 Å². The van der Waals surface area contributed by atoms with Gasteiger partial charge in [-0.1, -0.05) is 142 Å². The number of hydrogen-bond acceptors (Lipinski definition) is 9. The highest BCUT2D eigenvalue weighted by Crippen LogP contribution is 2.43. The molecule has 0 aliphatic rings. The van der Waals surface area contributed by atoms with Gasteiger partial charge in [0, 0.05) is 25.8 Å². The predicted octanol–water partition coefficient (Wildman–Crippen LogP) is 9.17. The Bertz CT molecular complexity index is 829. The zero-order chi connectivity index (χ0) is 35.6. The Morgan fingerprint density at radius 2 is 0.979 bits per heavy atom. The number of carboxylic acid groups (broad SMARTS) is 1. The highest BCUT2D eigenvalue weighted by Gasteiger charge is 2.26. The van der Waals surface area contributed by atoms with E-state index in [1.165, 1.54) is 77.0 Å². The first-order valence-corrected chi connectivity index (χ1v) is 20.6. The largest absolute Gasteiger partial charge is 0.481 e. The molecule has 1 unspecified atom stereocenters. The van der Waals surface area contributed by atoms with Gasteiger partial charge in [0.1, 0.15) is 6.61 Å². The number of carbonyl (C=O) groups excluding carboxylic acids is 2. The predicted molar refractivity (Wildman–Crippen MR) is 190 cm³/mol. The molecule has 0 saturated heterocycles. The molecular weight excluding hydrogens is 637 g/mol. The van der Waals surface area contributed by atoms with Crippen LogP contribution in [0.25, 0.3) is 0 Å². The van der Waals surface area contributed by atoms with Crippen molar-refractivity contribution < 1.29 is 47.5 Å². The molecule has 0 radical (unpaired) electrons. The molecule has 0 aliphatic carbocycles. The molecule has 0 aromatic heterocycles. The van der Waals surface area contributed by atoms with Crippen LogP contribution in [0.3, 0.4) is 0 Å². The van der Waals surface area contributed by atoms with Gasteiger partial charge in [0.15, 0.2) is 6.10 Å². The fourth-order valence-electron chi connectivity index (χ4n) is 5.43. The maximum atomic E-state index is 12.5. The van der Waals surface area contributed by atoms with Crippen molar-refractivity contribution in [2.75, 3.05) is 26.4 Å². The number of carbonyl (C=O) groups is 3. The summed E-state index contributed by atoms with van der Waals surface area (Å²) in [6, 6.07) is 0. The minimum Gasteiger partial charge on any atom is -0.481 e. The maximum absolute atomic E-state index is 12.5. The molecule has 0 aliphatic heterocycles. The van der Waals surface area contributed by atoms with Crippen LogP contribution in [0.1, 0.15) is 180 Å². The third-order valence-electron chi connectivity index (χ3n) is 8.28. The first-order valence-electron chi connectivity index (χ1n) is 19.1. The van der Waals surface area contributed by atoms with Gasteiger partial charge in [0.25, 0.3) is 0 Å². The van der Waals surface area contributed by atoms with Gasteiger partial charge in [-0.25, -0.2) is 4.57 Å². The summed E-state index contributed by atoms with van der Waals surface area (Å²) in [7, 11) is -4.39. The topological polar surface area (TPSA) is 172 Å². The van der Waals surface area contributed by atoms with Crippen LogP contribution in [0, 0.1) is 0 Å². The summed E-state index contributed by atoms with van der Waals surface area (Å²) < 4.78 is 32.5. The summed E-state index contributed by atoms with van der Waals surface area (Å²) in [4.78, 5) is 45.2. The van der Waals surface area contributed by atoms with E-state index in [2.05, 4.69) is 6.92 Å². The van der Waals surface area contributed by atoms with Crippen molar-refractivity contribution in [3.63, 3.8) is 0 Å². The summed E-state index contributed by atoms with van der Waals surface area (Å²) in [5.41, 5.74) is 5.31. The van der Waals surface area contributed by atoms with E-state index in [1.807, 2.05) is 0 Å². The van der Waals surface area contributed by atoms with E-state index in [-0.39, 0.29) is 39.0 Å². The monoisotopic (exact) mass is 707 g/mol. The second-order valence-electron chi connectivity index (χ2n) is 13.0. The molecule has 0 bridgehead atoms. The highest BCUT2D eigenvalue weighted by molar-refractivity contribution is 7.47. The average molecular weight is 708 g/mol. The number of nitrogens with two attached hydrogens (primary N) is 1. The van der Waals surface area contributed by atoms with E-state index in [4.69, 9.17) is 29.4 Å². The van der Waals surface area contributed by atoms with Crippen LogP contribution in [-0.2, 0) is 37.5 Å². The molecule has 0 amide bonds. The minimum absolute atomic E-state index is 0.0377. The van der Waals surface area contributed by atoms with Gasteiger partial charge in [-0.05, 0) is 19.3 Å². The lowest BCUT2D eigenvalue weighted by atomic mass is 10.0. The SMILES string of the molecule is CCCCCCCCCCCCCCCCCC(=O)OC[C@H](COP(=O)(O)OCCN)OC(=O)CCCCCCCCCCCC(=O)O. The molecule has 12 heteroatoms. The molecule has 0 aromatic rings. The Balaban J connectivity index is 4.16. The first kappa shape index (κ1) is 46.5. The molecule has 0 heterocycles. The van der Waals surface area contributed by atoms with Gasteiger partial charge in [-0.3, -0.25) is 23.4 Å². The maximum Gasteiger partial charge on any atom is 0.472 e. The average Bonchev–Trinajstić information content (AvgIpc) is 3.05. The van der Waals surface area contributed by atoms with Crippen molar-refractivity contribution in [1.82, 2.24) is 0 Å². The van der Waals surface area contributed by atoms with Gasteiger partial charge in [0.05, 0.1) is 13.2 Å². The summed E-state index contributed by atoms with van der Waals surface area (Å²) in [6.45, 7) is 1.39. The Hall–Kier alpha value is -1.52. The summed E-state index contributed by atoms with van der Waals surface area (Å²) >= 11 is 0. The summed E-state index contributed by atoms with van der Waals surface area (Å²) in [5, 5.41) is 8.67. The van der Waals surface area contributed by atoms with E-state index < -0.39 is 38.4 Å². The van der Waals surface area contributed by atoms with Crippen molar-refractivity contribution in [2.24, 2.45) is 5.73 Å². The van der Waals surface area contributed by atoms with Crippen LogP contribution in [-0.4, -0.2) is 60.4 Å². The molecule has 0 fully saturated rings.